The molecule has 0 aliphatic heterocycles. The molecule has 0 N–H and O–H groups in total. The van der Waals surface area contributed by atoms with Gasteiger partial charge in [0.2, 0.25) is 0 Å². The molecule has 1 aromatic heterocycles. The van der Waals surface area contributed by atoms with E-state index >= 15 is 0 Å². The van der Waals surface area contributed by atoms with Gasteiger partial charge in [0.1, 0.15) is 0 Å². The average Bonchev–Trinajstić information content (AvgIpc) is 2.56. The lowest BCUT2D eigenvalue weighted by Crippen LogP contribution is -2.07. The fourth-order valence-electron chi connectivity index (χ4n) is 1.33. The van der Waals surface area contributed by atoms with Gasteiger partial charge in [0.05, 0.1) is 0 Å². The monoisotopic (exact) mass is 260 g/mol. The van der Waals surface area contributed by atoms with E-state index in [-0.39, 0.29) is 0 Å². The van der Waals surface area contributed by atoms with Crippen LogP contribution in [0.2, 0.25) is 0 Å². The first-order valence-electron chi connectivity index (χ1n) is 4.88. The van der Waals surface area contributed by atoms with Crippen molar-refractivity contribution in [1.82, 2.24) is 0 Å². The Morgan fingerprint density at radius 2 is 2.31 bits per heavy atom. The predicted octanol–water partition coefficient (Wildman–Crippen LogP) is 4.49. The van der Waals surface area contributed by atoms with Gasteiger partial charge in [-0.05, 0) is 30.2 Å². The summed E-state index contributed by atoms with van der Waals surface area (Å²) in [7, 11) is 0. The molecule has 0 saturated heterocycles. The Labute approximate surface area is 93.5 Å². The van der Waals surface area contributed by atoms with Crippen molar-refractivity contribution in [2.45, 2.75) is 37.9 Å². The van der Waals surface area contributed by atoms with E-state index in [1.807, 2.05) is 11.3 Å². The summed E-state index contributed by atoms with van der Waals surface area (Å²) in [6.45, 7) is 4.58. The number of thiophene rings is 1. The van der Waals surface area contributed by atoms with Crippen molar-refractivity contribution >= 4 is 27.3 Å². The largest absolute Gasteiger partial charge is 0.149 e. The second-order valence-electron chi connectivity index (χ2n) is 3.63. The van der Waals surface area contributed by atoms with Gasteiger partial charge in [-0.15, -0.1) is 11.3 Å². The van der Waals surface area contributed by atoms with Gasteiger partial charge in [-0.1, -0.05) is 42.3 Å². The van der Waals surface area contributed by atoms with E-state index in [4.69, 9.17) is 0 Å². The number of hydrogen-bond donors (Lipinski definition) is 0. The normalized spacial score (nSPS) is 15.6. The Kier molecular flexibility index (Phi) is 5.04. The molecule has 0 spiro atoms. The lowest BCUT2D eigenvalue weighted by atomic mass is 10.0. The van der Waals surface area contributed by atoms with Crippen molar-refractivity contribution in [3.8, 4) is 0 Å². The van der Waals surface area contributed by atoms with Gasteiger partial charge in [-0.2, -0.15) is 0 Å². The smallest absolute Gasteiger partial charge is 0.0196 e. The summed E-state index contributed by atoms with van der Waals surface area (Å²) in [5.41, 5.74) is 0. The Balaban J connectivity index is 2.29. The van der Waals surface area contributed by atoms with Crippen molar-refractivity contribution in [2.75, 3.05) is 0 Å². The standard InChI is InChI=1S/C11H17BrS/c1-3-9(2)7-10(12)8-11-5-4-6-13-11/h4-6,9-10H,3,7-8H2,1-2H3. The van der Waals surface area contributed by atoms with Gasteiger partial charge in [0.25, 0.3) is 0 Å². The number of alkyl halides is 1. The second kappa shape index (κ2) is 5.82. The van der Waals surface area contributed by atoms with Crippen LogP contribution in [0, 0.1) is 5.92 Å². The van der Waals surface area contributed by atoms with Gasteiger partial charge in [-0.3, -0.25) is 0 Å². The first-order valence-corrected chi connectivity index (χ1v) is 6.68. The highest BCUT2D eigenvalue weighted by Gasteiger charge is 2.09. The molecule has 0 aliphatic carbocycles. The summed E-state index contributed by atoms with van der Waals surface area (Å²) in [4.78, 5) is 2.14. The Morgan fingerprint density at radius 3 is 2.85 bits per heavy atom. The van der Waals surface area contributed by atoms with Gasteiger partial charge in [-0.25, -0.2) is 0 Å². The third kappa shape index (κ3) is 4.28. The van der Waals surface area contributed by atoms with Crippen LogP contribution in [0.4, 0.5) is 0 Å². The van der Waals surface area contributed by atoms with Crippen LogP contribution < -0.4 is 0 Å². The van der Waals surface area contributed by atoms with E-state index in [1.54, 1.807) is 0 Å². The van der Waals surface area contributed by atoms with Crippen molar-refractivity contribution < 1.29 is 0 Å². The van der Waals surface area contributed by atoms with E-state index in [0.29, 0.717) is 4.83 Å². The zero-order chi connectivity index (χ0) is 9.68. The number of halogens is 1. The van der Waals surface area contributed by atoms with E-state index in [1.165, 1.54) is 24.1 Å². The van der Waals surface area contributed by atoms with Gasteiger partial charge in [0.15, 0.2) is 0 Å². The highest BCUT2D eigenvalue weighted by atomic mass is 79.9. The Morgan fingerprint density at radius 1 is 1.54 bits per heavy atom. The van der Waals surface area contributed by atoms with Crippen molar-refractivity contribution in [2.24, 2.45) is 5.92 Å². The zero-order valence-electron chi connectivity index (χ0n) is 8.29. The third-order valence-electron chi connectivity index (χ3n) is 2.36. The molecule has 1 rings (SSSR count). The molecule has 13 heavy (non-hydrogen) atoms. The van der Waals surface area contributed by atoms with Crippen LogP contribution in [-0.2, 0) is 6.42 Å². The molecule has 1 aromatic rings. The number of hydrogen-bond acceptors (Lipinski definition) is 1. The first-order chi connectivity index (χ1) is 6.22. The molecule has 0 saturated carbocycles. The van der Waals surface area contributed by atoms with E-state index in [9.17, 15) is 0 Å². The van der Waals surface area contributed by atoms with Crippen LogP contribution >= 0.6 is 27.3 Å². The van der Waals surface area contributed by atoms with Crippen LogP contribution in [0.25, 0.3) is 0 Å². The molecule has 0 amide bonds. The van der Waals surface area contributed by atoms with Crippen molar-refractivity contribution in [3.05, 3.63) is 22.4 Å². The summed E-state index contributed by atoms with van der Waals surface area (Å²) in [6, 6.07) is 4.35. The van der Waals surface area contributed by atoms with Gasteiger partial charge >= 0.3 is 0 Å². The number of rotatable bonds is 5. The molecule has 0 aromatic carbocycles. The molecule has 2 atom stereocenters. The maximum atomic E-state index is 3.75. The minimum atomic E-state index is 0.654. The molecule has 0 fully saturated rings. The van der Waals surface area contributed by atoms with Crippen molar-refractivity contribution in [3.63, 3.8) is 0 Å². The van der Waals surface area contributed by atoms with Gasteiger partial charge < -0.3 is 0 Å². The topological polar surface area (TPSA) is 0 Å². The average molecular weight is 261 g/mol. The summed E-state index contributed by atoms with van der Waals surface area (Å²) in [5.74, 6) is 0.837. The van der Waals surface area contributed by atoms with E-state index < -0.39 is 0 Å². The highest BCUT2D eigenvalue weighted by molar-refractivity contribution is 9.09. The van der Waals surface area contributed by atoms with Crippen molar-refractivity contribution in [1.29, 1.82) is 0 Å². The predicted molar refractivity (Wildman–Crippen MR) is 64.8 cm³/mol. The Bertz CT molecular complexity index is 218. The molecule has 0 radical (unpaired) electrons. The van der Waals surface area contributed by atoms with Gasteiger partial charge in [0, 0.05) is 9.70 Å². The first kappa shape index (κ1) is 11.3. The summed E-state index contributed by atoms with van der Waals surface area (Å²) in [6.07, 6.45) is 3.75. The SMILES string of the molecule is CCC(C)CC(Br)Cc1cccs1. The van der Waals surface area contributed by atoms with Crippen LogP contribution in [0.15, 0.2) is 17.5 Å². The third-order valence-corrected chi connectivity index (χ3v) is 3.95. The van der Waals surface area contributed by atoms with E-state index in [0.717, 1.165) is 5.92 Å². The lowest BCUT2D eigenvalue weighted by Gasteiger charge is -2.13. The van der Waals surface area contributed by atoms with Crippen LogP contribution in [0.5, 0.6) is 0 Å². The quantitative estimate of drug-likeness (QED) is 0.685. The van der Waals surface area contributed by atoms with Crippen LogP contribution in [0.1, 0.15) is 31.6 Å². The maximum Gasteiger partial charge on any atom is 0.0196 e. The summed E-state index contributed by atoms with van der Waals surface area (Å²) in [5, 5.41) is 2.15. The summed E-state index contributed by atoms with van der Waals surface area (Å²) < 4.78 is 0. The maximum absolute atomic E-state index is 3.75. The fourth-order valence-corrected chi connectivity index (χ4v) is 3.32. The minimum absolute atomic E-state index is 0.654. The summed E-state index contributed by atoms with van der Waals surface area (Å²) >= 11 is 5.60. The lowest BCUT2D eigenvalue weighted by molar-refractivity contribution is 0.508. The molecule has 0 nitrogen and oxygen atoms in total. The molecule has 2 unspecified atom stereocenters. The minimum Gasteiger partial charge on any atom is -0.149 e. The zero-order valence-corrected chi connectivity index (χ0v) is 10.7. The molecule has 74 valence electrons. The molecule has 1 heterocycles. The van der Waals surface area contributed by atoms with Crippen LogP contribution in [-0.4, -0.2) is 4.83 Å². The molecule has 0 bridgehead atoms. The van der Waals surface area contributed by atoms with E-state index in [2.05, 4.69) is 47.3 Å². The molecule has 2 heteroatoms. The fraction of sp³-hybridized carbons (Fsp3) is 0.636. The second-order valence-corrected chi connectivity index (χ2v) is 5.96. The molecule has 0 aliphatic rings. The molecular weight excluding hydrogens is 244 g/mol. The Hall–Kier alpha value is 0.180. The molecular formula is C11H17BrS. The highest BCUT2D eigenvalue weighted by Crippen LogP contribution is 2.21. The van der Waals surface area contributed by atoms with Crippen LogP contribution in [0.3, 0.4) is 0 Å².